The Labute approximate surface area is 190 Å². The second-order valence-electron chi connectivity index (χ2n) is 6.20. The zero-order valence-electron chi connectivity index (χ0n) is 16.0. The third-order valence-electron chi connectivity index (χ3n) is 3.94. The Kier molecular flexibility index (Phi) is 7.52. The summed E-state index contributed by atoms with van der Waals surface area (Å²) in [5.74, 6) is 0.329. The highest BCUT2D eigenvalue weighted by atomic mass is 35.5. The van der Waals surface area contributed by atoms with E-state index in [1.807, 2.05) is 37.3 Å². The van der Waals surface area contributed by atoms with Crippen LogP contribution < -0.4 is 20.7 Å². The fraction of sp³-hybridized carbons (Fsp3) is 0.0909. The van der Waals surface area contributed by atoms with Crippen LogP contribution in [0.5, 0.6) is 5.75 Å². The Morgan fingerprint density at radius 2 is 1.60 bits per heavy atom. The normalized spacial score (nSPS) is 10.2. The number of benzene rings is 3. The smallest absolute Gasteiger partial charge is 0.255 e. The van der Waals surface area contributed by atoms with E-state index in [0.29, 0.717) is 50.1 Å². The van der Waals surface area contributed by atoms with Gasteiger partial charge < -0.3 is 20.7 Å². The number of anilines is 3. The van der Waals surface area contributed by atoms with Gasteiger partial charge in [-0.25, -0.2) is 0 Å². The summed E-state index contributed by atoms with van der Waals surface area (Å²) in [7, 11) is 0. The Hall–Kier alpha value is -2.80. The summed E-state index contributed by atoms with van der Waals surface area (Å²) in [4.78, 5) is 12.6. The lowest BCUT2D eigenvalue weighted by atomic mass is 10.1. The van der Waals surface area contributed by atoms with Crippen LogP contribution in [0.15, 0.2) is 66.7 Å². The zero-order valence-corrected chi connectivity index (χ0v) is 18.4. The van der Waals surface area contributed by atoms with Gasteiger partial charge in [0.25, 0.3) is 5.91 Å². The highest BCUT2D eigenvalue weighted by Gasteiger charge is 2.12. The molecule has 0 saturated carbocycles. The van der Waals surface area contributed by atoms with Crippen molar-refractivity contribution in [2.45, 2.75) is 6.92 Å². The summed E-state index contributed by atoms with van der Waals surface area (Å²) < 4.78 is 5.66. The van der Waals surface area contributed by atoms with E-state index in [-0.39, 0.29) is 5.91 Å². The van der Waals surface area contributed by atoms with Crippen molar-refractivity contribution >= 4 is 63.5 Å². The molecule has 8 heteroatoms. The highest BCUT2D eigenvalue weighted by molar-refractivity contribution is 7.80. The van der Waals surface area contributed by atoms with Crippen LogP contribution in [0.1, 0.15) is 17.3 Å². The fourth-order valence-corrected chi connectivity index (χ4v) is 3.44. The predicted octanol–water partition coefficient (Wildman–Crippen LogP) is 6.45. The minimum absolute atomic E-state index is 0.243. The molecule has 0 radical (unpaired) electrons. The number of para-hydroxylation sites is 1. The molecule has 0 aromatic heterocycles. The molecule has 3 aromatic carbocycles. The van der Waals surface area contributed by atoms with Crippen molar-refractivity contribution < 1.29 is 9.53 Å². The van der Waals surface area contributed by atoms with Gasteiger partial charge in [0.1, 0.15) is 5.75 Å². The molecule has 3 rings (SSSR count). The number of thiocarbonyl (C=S) groups is 1. The highest BCUT2D eigenvalue weighted by Crippen LogP contribution is 2.27. The third kappa shape index (κ3) is 6.10. The molecule has 0 atom stereocenters. The van der Waals surface area contributed by atoms with Crippen LogP contribution >= 0.6 is 35.4 Å². The van der Waals surface area contributed by atoms with E-state index < -0.39 is 0 Å². The summed E-state index contributed by atoms with van der Waals surface area (Å²) in [6.45, 7) is 2.35. The first-order valence-corrected chi connectivity index (χ1v) is 10.3. The monoisotopic (exact) mass is 459 g/mol. The van der Waals surface area contributed by atoms with E-state index >= 15 is 0 Å². The van der Waals surface area contributed by atoms with Gasteiger partial charge in [-0.2, -0.15) is 0 Å². The summed E-state index contributed by atoms with van der Waals surface area (Å²) in [5, 5.41) is 10.2. The number of rotatable bonds is 6. The van der Waals surface area contributed by atoms with Crippen molar-refractivity contribution in [3.63, 3.8) is 0 Å². The van der Waals surface area contributed by atoms with Crippen LogP contribution in [0.3, 0.4) is 0 Å². The summed E-state index contributed by atoms with van der Waals surface area (Å²) in [5.41, 5.74) is 2.36. The van der Waals surface area contributed by atoms with Crippen LogP contribution in [0, 0.1) is 0 Å². The van der Waals surface area contributed by atoms with E-state index in [4.69, 9.17) is 40.2 Å². The lowest BCUT2D eigenvalue weighted by Gasteiger charge is -2.16. The molecule has 3 aromatic rings. The molecule has 0 aliphatic heterocycles. The molecule has 0 heterocycles. The number of nitrogens with one attached hydrogen (secondary N) is 3. The molecule has 0 fully saturated rings. The van der Waals surface area contributed by atoms with E-state index in [1.165, 1.54) is 0 Å². The largest absolute Gasteiger partial charge is 0.492 e. The number of carbonyl (C=O) groups excluding carboxylic acids is 1. The fourth-order valence-electron chi connectivity index (χ4n) is 2.69. The van der Waals surface area contributed by atoms with Crippen LogP contribution in [0.25, 0.3) is 0 Å². The molecule has 0 saturated heterocycles. The first-order valence-electron chi connectivity index (χ1n) is 9.12. The average Bonchev–Trinajstić information content (AvgIpc) is 2.69. The van der Waals surface area contributed by atoms with Crippen LogP contribution in [0.2, 0.25) is 10.0 Å². The molecule has 0 spiro atoms. The maximum atomic E-state index is 12.6. The molecule has 30 heavy (non-hydrogen) atoms. The molecule has 0 unspecified atom stereocenters. The van der Waals surface area contributed by atoms with Gasteiger partial charge in [-0.1, -0.05) is 41.4 Å². The zero-order chi connectivity index (χ0) is 21.5. The standard InChI is InChI=1S/C22H19Cl2N3O2S/c1-2-29-20-9-8-14(21(28)25-17-6-4-3-5-7-17)10-19(20)27-22(30)26-18-12-15(23)11-16(24)13-18/h3-13H,2H2,1H3,(H,25,28)(H2,26,27,30). The first-order chi connectivity index (χ1) is 14.4. The van der Waals surface area contributed by atoms with E-state index in [2.05, 4.69) is 16.0 Å². The number of amides is 1. The molecule has 154 valence electrons. The molecular weight excluding hydrogens is 441 g/mol. The number of ether oxygens (including phenoxy) is 1. The quantitative estimate of drug-likeness (QED) is 0.369. The van der Waals surface area contributed by atoms with Gasteiger partial charge in [0, 0.05) is 27.0 Å². The second-order valence-corrected chi connectivity index (χ2v) is 7.48. The Balaban J connectivity index is 1.78. The lowest BCUT2D eigenvalue weighted by Crippen LogP contribution is -2.20. The predicted molar refractivity (Wildman–Crippen MR) is 128 cm³/mol. The first kappa shape index (κ1) is 21.9. The van der Waals surface area contributed by atoms with Crippen molar-refractivity contribution in [3.8, 4) is 5.75 Å². The lowest BCUT2D eigenvalue weighted by molar-refractivity contribution is 0.102. The van der Waals surface area contributed by atoms with Crippen molar-refractivity contribution in [1.29, 1.82) is 0 Å². The number of halogens is 2. The molecule has 0 aliphatic carbocycles. The van der Waals surface area contributed by atoms with Crippen LogP contribution in [0.4, 0.5) is 17.1 Å². The van der Waals surface area contributed by atoms with Crippen molar-refractivity contribution in [3.05, 3.63) is 82.3 Å². The maximum Gasteiger partial charge on any atom is 0.255 e. The molecule has 0 aliphatic rings. The van der Waals surface area contributed by atoms with E-state index in [1.54, 1.807) is 36.4 Å². The summed E-state index contributed by atoms with van der Waals surface area (Å²) in [6.07, 6.45) is 0. The van der Waals surface area contributed by atoms with Crippen LogP contribution in [-0.4, -0.2) is 17.6 Å². The molecule has 5 nitrogen and oxygen atoms in total. The molecule has 3 N–H and O–H groups in total. The number of carbonyl (C=O) groups is 1. The Morgan fingerprint density at radius 1 is 0.900 bits per heavy atom. The van der Waals surface area contributed by atoms with Gasteiger partial charge >= 0.3 is 0 Å². The average molecular weight is 460 g/mol. The second kappa shape index (κ2) is 10.3. The summed E-state index contributed by atoms with van der Waals surface area (Å²) >= 11 is 17.5. The number of hydrogen-bond acceptors (Lipinski definition) is 3. The van der Waals surface area contributed by atoms with Gasteiger partial charge in [-0.15, -0.1) is 0 Å². The molecular formula is C22H19Cl2N3O2S. The summed E-state index contributed by atoms with van der Waals surface area (Å²) in [6, 6.07) is 19.4. The Morgan fingerprint density at radius 3 is 2.27 bits per heavy atom. The third-order valence-corrected chi connectivity index (χ3v) is 4.58. The van der Waals surface area contributed by atoms with Crippen molar-refractivity contribution in [1.82, 2.24) is 0 Å². The van der Waals surface area contributed by atoms with Crippen LogP contribution in [-0.2, 0) is 0 Å². The van der Waals surface area contributed by atoms with E-state index in [0.717, 1.165) is 0 Å². The van der Waals surface area contributed by atoms with Gasteiger partial charge in [0.2, 0.25) is 0 Å². The van der Waals surface area contributed by atoms with Gasteiger partial charge in [-0.05, 0) is 67.7 Å². The maximum absolute atomic E-state index is 12.6. The molecule has 0 bridgehead atoms. The van der Waals surface area contributed by atoms with Gasteiger partial charge in [-0.3, -0.25) is 4.79 Å². The van der Waals surface area contributed by atoms with Gasteiger partial charge in [0.15, 0.2) is 5.11 Å². The SMILES string of the molecule is CCOc1ccc(C(=O)Nc2ccccc2)cc1NC(=S)Nc1cc(Cl)cc(Cl)c1. The van der Waals surface area contributed by atoms with Crippen molar-refractivity contribution in [2.75, 3.05) is 22.6 Å². The number of hydrogen-bond donors (Lipinski definition) is 3. The van der Waals surface area contributed by atoms with Crippen molar-refractivity contribution in [2.24, 2.45) is 0 Å². The Bertz CT molecular complexity index is 1040. The minimum Gasteiger partial charge on any atom is -0.492 e. The van der Waals surface area contributed by atoms with Gasteiger partial charge in [0.05, 0.1) is 12.3 Å². The van der Waals surface area contributed by atoms with E-state index in [9.17, 15) is 4.79 Å². The minimum atomic E-state index is -0.243. The molecule has 1 amide bonds. The topological polar surface area (TPSA) is 62.4 Å².